The van der Waals surface area contributed by atoms with Gasteiger partial charge < -0.3 is 23.7 Å². The Morgan fingerprint density at radius 2 is 1.83 bits per heavy atom. The van der Waals surface area contributed by atoms with Crippen LogP contribution in [0.3, 0.4) is 0 Å². The maximum absolute atomic E-state index is 13.0. The van der Waals surface area contributed by atoms with Crippen LogP contribution in [-0.2, 0) is 29.1 Å². The highest BCUT2D eigenvalue weighted by molar-refractivity contribution is 5.90. The van der Waals surface area contributed by atoms with Gasteiger partial charge in [-0.1, -0.05) is 12.1 Å². The minimum Gasteiger partial charge on any atom is -0.497 e. The highest BCUT2D eigenvalue weighted by atomic mass is 16.5. The van der Waals surface area contributed by atoms with Crippen LogP contribution in [0.2, 0.25) is 0 Å². The minimum absolute atomic E-state index is 0.124. The van der Waals surface area contributed by atoms with E-state index in [2.05, 4.69) is 21.8 Å². The number of carbonyl (C=O) groups excluding carboxylic acids is 1. The first-order chi connectivity index (χ1) is 17.2. The number of ether oxygens (including phenoxy) is 3. The molecule has 0 radical (unpaired) electrons. The van der Waals surface area contributed by atoms with E-state index in [1.807, 2.05) is 53.4 Å². The lowest BCUT2D eigenvalue weighted by Gasteiger charge is -2.26. The summed E-state index contributed by atoms with van der Waals surface area (Å²) in [5.74, 6) is 1.69. The largest absolute Gasteiger partial charge is 0.497 e. The number of morpholine rings is 1. The Morgan fingerprint density at radius 1 is 1.00 bits per heavy atom. The molecule has 0 saturated carbocycles. The summed E-state index contributed by atoms with van der Waals surface area (Å²) in [7, 11) is 1.66. The molecule has 0 unspecified atom stereocenters. The van der Waals surface area contributed by atoms with Crippen molar-refractivity contribution in [1.29, 1.82) is 0 Å². The van der Waals surface area contributed by atoms with Crippen molar-refractivity contribution in [3.05, 3.63) is 89.9 Å². The van der Waals surface area contributed by atoms with Crippen molar-refractivity contribution in [3.63, 3.8) is 0 Å². The first-order valence-corrected chi connectivity index (χ1v) is 11.8. The monoisotopic (exact) mass is 471 g/mol. The van der Waals surface area contributed by atoms with Crippen molar-refractivity contribution in [2.75, 3.05) is 33.4 Å². The number of hydrogen-bond donors (Lipinski definition) is 0. The van der Waals surface area contributed by atoms with Crippen LogP contribution in [0.1, 0.15) is 16.7 Å². The second-order valence-electron chi connectivity index (χ2n) is 8.63. The van der Waals surface area contributed by atoms with Crippen molar-refractivity contribution in [1.82, 2.24) is 14.5 Å². The van der Waals surface area contributed by atoms with Gasteiger partial charge >= 0.3 is 0 Å². The number of pyridine rings is 1. The number of fused-ring (bicyclic) bond motifs is 1. The van der Waals surface area contributed by atoms with E-state index in [1.54, 1.807) is 19.5 Å². The van der Waals surface area contributed by atoms with Gasteiger partial charge in [0, 0.05) is 49.1 Å². The molecule has 3 heterocycles. The van der Waals surface area contributed by atoms with E-state index in [9.17, 15) is 4.79 Å². The van der Waals surface area contributed by atoms with E-state index in [0.717, 1.165) is 39.1 Å². The highest BCUT2D eigenvalue weighted by Crippen LogP contribution is 2.28. The van der Waals surface area contributed by atoms with Crippen LogP contribution >= 0.6 is 0 Å². The van der Waals surface area contributed by atoms with Gasteiger partial charge in [0.2, 0.25) is 5.91 Å². The number of hydrogen-bond acceptors (Lipinski definition) is 5. The molecule has 1 amide bonds. The van der Waals surface area contributed by atoms with Gasteiger partial charge in [-0.2, -0.15) is 0 Å². The molecule has 7 heteroatoms. The molecule has 1 saturated heterocycles. The lowest BCUT2D eigenvalue weighted by molar-refractivity contribution is -0.134. The van der Waals surface area contributed by atoms with Gasteiger partial charge in [0.15, 0.2) is 0 Å². The van der Waals surface area contributed by atoms with Crippen molar-refractivity contribution < 1.29 is 19.0 Å². The molecular weight excluding hydrogens is 442 g/mol. The third-order valence-corrected chi connectivity index (χ3v) is 6.28. The summed E-state index contributed by atoms with van der Waals surface area (Å²) in [5.41, 5.74) is 4.25. The fourth-order valence-electron chi connectivity index (χ4n) is 4.41. The average Bonchev–Trinajstić information content (AvgIpc) is 3.24. The molecule has 0 bridgehead atoms. The summed E-state index contributed by atoms with van der Waals surface area (Å²) in [6.07, 6.45) is 6.04. The zero-order valence-corrected chi connectivity index (χ0v) is 19.9. The fourth-order valence-corrected chi connectivity index (χ4v) is 4.41. The second-order valence-corrected chi connectivity index (χ2v) is 8.63. The molecular formula is C28H29N3O4. The van der Waals surface area contributed by atoms with Gasteiger partial charge in [-0.05, 0) is 59.2 Å². The van der Waals surface area contributed by atoms with Gasteiger partial charge in [-0.3, -0.25) is 9.78 Å². The Hall–Kier alpha value is -3.84. The average molecular weight is 472 g/mol. The Bertz CT molecular complexity index is 1300. The lowest BCUT2D eigenvalue weighted by atomic mass is 10.1. The predicted molar refractivity (Wildman–Crippen MR) is 134 cm³/mol. The van der Waals surface area contributed by atoms with E-state index in [4.69, 9.17) is 14.2 Å². The smallest absolute Gasteiger partial charge is 0.227 e. The number of rotatable bonds is 8. The molecule has 0 aliphatic carbocycles. The SMILES string of the molecule is COc1cccc(COc2ccc3c(c2)c(CC(=O)N2CCOCC2)cn3Cc2ccncc2)c1. The van der Waals surface area contributed by atoms with Crippen molar-refractivity contribution in [2.45, 2.75) is 19.6 Å². The van der Waals surface area contributed by atoms with Crippen molar-refractivity contribution >= 4 is 16.8 Å². The fraction of sp³-hybridized carbons (Fsp3) is 0.286. The third kappa shape index (κ3) is 5.46. The number of carbonyl (C=O) groups is 1. The van der Waals surface area contributed by atoms with Crippen LogP contribution in [0.25, 0.3) is 10.9 Å². The molecule has 5 rings (SSSR count). The quantitative estimate of drug-likeness (QED) is 0.388. The maximum atomic E-state index is 13.0. The van der Waals surface area contributed by atoms with Gasteiger partial charge in [0.25, 0.3) is 0 Å². The molecule has 35 heavy (non-hydrogen) atoms. The molecule has 7 nitrogen and oxygen atoms in total. The van der Waals surface area contributed by atoms with Crippen molar-refractivity contribution in [2.24, 2.45) is 0 Å². The molecule has 0 spiro atoms. The molecule has 0 N–H and O–H groups in total. The number of methoxy groups -OCH3 is 1. The molecule has 180 valence electrons. The Kier molecular flexibility index (Phi) is 6.95. The standard InChI is InChI=1S/C28H29N3O4/c1-33-24-4-2-3-22(15-24)20-35-25-5-6-27-26(17-25)23(16-28(32)30-11-13-34-14-12-30)19-31(27)18-21-7-9-29-10-8-21/h2-10,15,17,19H,11-14,16,18,20H2,1H3. The maximum Gasteiger partial charge on any atom is 0.227 e. The highest BCUT2D eigenvalue weighted by Gasteiger charge is 2.20. The number of amides is 1. The summed E-state index contributed by atoms with van der Waals surface area (Å²) < 4.78 is 19.0. The number of aromatic nitrogens is 2. The molecule has 2 aromatic carbocycles. The lowest BCUT2D eigenvalue weighted by Crippen LogP contribution is -2.41. The van der Waals surface area contributed by atoms with Crippen LogP contribution in [0.5, 0.6) is 11.5 Å². The topological polar surface area (TPSA) is 65.8 Å². The summed E-state index contributed by atoms with van der Waals surface area (Å²) in [4.78, 5) is 19.1. The normalized spacial score (nSPS) is 13.7. The van der Waals surface area contributed by atoms with E-state index < -0.39 is 0 Å². The predicted octanol–water partition coefficient (Wildman–Crippen LogP) is 4.07. The molecule has 1 aliphatic rings. The third-order valence-electron chi connectivity index (χ3n) is 6.28. The van der Waals surface area contributed by atoms with E-state index in [1.165, 1.54) is 0 Å². The zero-order valence-electron chi connectivity index (χ0n) is 19.9. The zero-order chi connectivity index (χ0) is 24.0. The first-order valence-electron chi connectivity index (χ1n) is 11.8. The molecule has 1 fully saturated rings. The van der Waals surface area contributed by atoms with Crippen LogP contribution in [0, 0.1) is 0 Å². The van der Waals surface area contributed by atoms with E-state index >= 15 is 0 Å². The molecule has 0 atom stereocenters. The molecule has 4 aromatic rings. The summed E-state index contributed by atoms with van der Waals surface area (Å²) in [6, 6.07) is 18.0. The van der Waals surface area contributed by atoms with E-state index in [-0.39, 0.29) is 5.91 Å². The Labute approximate surface area is 204 Å². The van der Waals surface area contributed by atoms with Gasteiger partial charge in [-0.25, -0.2) is 0 Å². The van der Waals surface area contributed by atoms with E-state index in [0.29, 0.717) is 45.9 Å². The number of benzene rings is 2. The summed E-state index contributed by atoms with van der Waals surface area (Å²) in [6.45, 7) is 3.61. The van der Waals surface area contributed by atoms with Gasteiger partial charge in [0.1, 0.15) is 18.1 Å². The van der Waals surface area contributed by atoms with Gasteiger partial charge in [0.05, 0.1) is 26.7 Å². The first kappa shape index (κ1) is 22.9. The van der Waals surface area contributed by atoms with Crippen molar-refractivity contribution in [3.8, 4) is 11.5 Å². The molecule has 1 aliphatic heterocycles. The molecule has 2 aromatic heterocycles. The van der Waals surface area contributed by atoms with Crippen LogP contribution in [0.4, 0.5) is 0 Å². The number of nitrogens with zero attached hydrogens (tertiary/aromatic N) is 3. The van der Waals surface area contributed by atoms with Crippen LogP contribution < -0.4 is 9.47 Å². The Morgan fingerprint density at radius 3 is 2.63 bits per heavy atom. The summed E-state index contributed by atoms with van der Waals surface area (Å²) in [5, 5.41) is 1.03. The van der Waals surface area contributed by atoms with Crippen LogP contribution in [-0.4, -0.2) is 53.8 Å². The second kappa shape index (κ2) is 10.6. The van der Waals surface area contributed by atoms with Gasteiger partial charge in [-0.15, -0.1) is 0 Å². The minimum atomic E-state index is 0.124. The van der Waals surface area contributed by atoms with Crippen LogP contribution in [0.15, 0.2) is 73.2 Å². The Balaban J connectivity index is 1.42. The summed E-state index contributed by atoms with van der Waals surface area (Å²) >= 11 is 0.